The van der Waals surface area contributed by atoms with Gasteiger partial charge in [0, 0.05) is 11.6 Å². The maximum atomic E-state index is 5.81. The number of pyridine rings is 1. The SMILES string of the molecule is CCc1ccc2c(N)ncc(C)c2c1. The Morgan fingerprint density at radius 2 is 2.07 bits per heavy atom. The highest BCUT2D eigenvalue weighted by atomic mass is 14.8. The van der Waals surface area contributed by atoms with E-state index in [-0.39, 0.29) is 0 Å². The Hall–Kier alpha value is -1.57. The highest BCUT2D eigenvalue weighted by Gasteiger charge is 2.02. The van der Waals surface area contributed by atoms with Crippen LogP contribution in [0.5, 0.6) is 0 Å². The molecule has 2 N–H and O–H groups in total. The molecule has 0 bridgehead atoms. The molecule has 0 atom stereocenters. The average Bonchev–Trinajstić information content (AvgIpc) is 2.23. The van der Waals surface area contributed by atoms with Gasteiger partial charge in [0.2, 0.25) is 0 Å². The molecule has 2 aromatic rings. The van der Waals surface area contributed by atoms with Gasteiger partial charge in [-0.25, -0.2) is 4.98 Å². The minimum atomic E-state index is 0.619. The molecule has 2 heteroatoms. The van der Waals surface area contributed by atoms with Gasteiger partial charge in [0.25, 0.3) is 0 Å². The predicted octanol–water partition coefficient (Wildman–Crippen LogP) is 2.69. The number of aromatic nitrogens is 1. The normalized spacial score (nSPS) is 10.7. The van der Waals surface area contributed by atoms with E-state index in [1.807, 2.05) is 6.20 Å². The summed E-state index contributed by atoms with van der Waals surface area (Å²) in [5, 5.41) is 2.28. The summed E-state index contributed by atoms with van der Waals surface area (Å²) < 4.78 is 0. The molecule has 0 radical (unpaired) electrons. The van der Waals surface area contributed by atoms with Crippen LogP contribution < -0.4 is 5.73 Å². The molecule has 0 unspecified atom stereocenters. The van der Waals surface area contributed by atoms with Crippen molar-refractivity contribution in [1.82, 2.24) is 4.98 Å². The summed E-state index contributed by atoms with van der Waals surface area (Å²) in [7, 11) is 0. The summed E-state index contributed by atoms with van der Waals surface area (Å²) >= 11 is 0. The molecule has 0 saturated heterocycles. The van der Waals surface area contributed by atoms with E-state index in [1.165, 1.54) is 16.5 Å². The highest BCUT2D eigenvalue weighted by molar-refractivity contribution is 5.93. The van der Waals surface area contributed by atoms with Gasteiger partial charge in [0.15, 0.2) is 0 Å². The minimum absolute atomic E-state index is 0.619. The van der Waals surface area contributed by atoms with Crippen LogP contribution in [0.3, 0.4) is 0 Å². The summed E-state index contributed by atoms with van der Waals surface area (Å²) in [5.74, 6) is 0.619. The van der Waals surface area contributed by atoms with Gasteiger partial charge in [-0.3, -0.25) is 0 Å². The van der Waals surface area contributed by atoms with Crippen LogP contribution in [0.4, 0.5) is 5.82 Å². The lowest BCUT2D eigenvalue weighted by molar-refractivity contribution is 1.14. The number of hydrogen-bond acceptors (Lipinski definition) is 2. The predicted molar refractivity (Wildman–Crippen MR) is 60.3 cm³/mol. The van der Waals surface area contributed by atoms with Crippen molar-refractivity contribution < 1.29 is 0 Å². The molecule has 0 aliphatic carbocycles. The summed E-state index contributed by atoms with van der Waals surface area (Å²) in [6, 6.07) is 6.37. The van der Waals surface area contributed by atoms with Crippen LogP contribution in [0, 0.1) is 6.92 Å². The van der Waals surface area contributed by atoms with Gasteiger partial charge in [0.05, 0.1) is 0 Å². The largest absolute Gasteiger partial charge is 0.383 e. The minimum Gasteiger partial charge on any atom is -0.383 e. The van der Waals surface area contributed by atoms with Crippen LogP contribution in [0.15, 0.2) is 24.4 Å². The number of nitrogens with zero attached hydrogens (tertiary/aromatic N) is 1. The molecule has 72 valence electrons. The van der Waals surface area contributed by atoms with E-state index >= 15 is 0 Å². The van der Waals surface area contributed by atoms with Crippen LogP contribution >= 0.6 is 0 Å². The van der Waals surface area contributed by atoms with E-state index in [1.54, 1.807) is 0 Å². The van der Waals surface area contributed by atoms with E-state index < -0.39 is 0 Å². The number of anilines is 1. The lowest BCUT2D eigenvalue weighted by Crippen LogP contribution is -1.93. The second kappa shape index (κ2) is 3.29. The third kappa shape index (κ3) is 1.33. The Kier molecular flexibility index (Phi) is 2.12. The van der Waals surface area contributed by atoms with E-state index in [0.29, 0.717) is 5.82 Å². The van der Waals surface area contributed by atoms with Crippen molar-refractivity contribution in [2.45, 2.75) is 20.3 Å². The molecule has 0 saturated carbocycles. The lowest BCUT2D eigenvalue weighted by atomic mass is 10.0. The molecule has 0 spiro atoms. The van der Waals surface area contributed by atoms with Crippen LogP contribution in [0.1, 0.15) is 18.1 Å². The fraction of sp³-hybridized carbons (Fsp3) is 0.250. The van der Waals surface area contributed by atoms with Gasteiger partial charge in [0.1, 0.15) is 5.82 Å². The third-order valence-electron chi connectivity index (χ3n) is 2.59. The van der Waals surface area contributed by atoms with Crippen molar-refractivity contribution in [2.75, 3.05) is 5.73 Å². The maximum Gasteiger partial charge on any atom is 0.131 e. The van der Waals surface area contributed by atoms with Gasteiger partial charge in [-0.2, -0.15) is 0 Å². The second-order valence-corrected chi connectivity index (χ2v) is 3.56. The molecule has 0 aliphatic rings. The number of hydrogen-bond donors (Lipinski definition) is 1. The summed E-state index contributed by atoms with van der Waals surface area (Å²) in [6.45, 7) is 4.22. The van der Waals surface area contributed by atoms with E-state index in [2.05, 4.69) is 37.0 Å². The highest BCUT2D eigenvalue weighted by Crippen LogP contribution is 2.23. The number of rotatable bonds is 1. The molecule has 0 fully saturated rings. The summed E-state index contributed by atoms with van der Waals surface area (Å²) in [5.41, 5.74) is 8.33. The molecule has 2 rings (SSSR count). The molecular weight excluding hydrogens is 172 g/mol. The van der Waals surface area contributed by atoms with Gasteiger partial charge in [-0.15, -0.1) is 0 Å². The second-order valence-electron chi connectivity index (χ2n) is 3.56. The van der Waals surface area contributed by atoms with Crippen molar-refractivity contribution in [1.29, 1.82) is 0 Å². The van der Waals surface area contributed by atoms with Crippen LogP contribution in [-0.4, -0.2) is 4.98 Å². The average molecular weight is 186 g/mol. The fourth-order valence-corrected chi connectivity index (χ4v) is 1.67. The molecule has 0 aliphatic heterocycles. The van der Waals surface area contributed by atoms with Gasteiger partial charge >= 0.3 is 0 Å². The third-order valence-corrected chi connectivity index (χ3v) is 2.59. The summed E-state index contributed by atoms with van der Waals surface area (Å²) in [4.78, 5) is 4.14. The zero-order chi connectivity index (χ0) is 10.1. The van der Waals surface area contributed by atoms with Gasteiger partial charge in [-0.05, 0) is 29.9 Å². The first-order valence-corrected chi connectivity index (χ1v) is 4.86. The fourth-order valence-electron chi connectivity index (χ4n) is 1.67. The molecule has 0 amide bonds. The Labute approximate surface area is 83.8 Å². The van der Waals surface area contributed by atoms with E-state index in [9.17, 15) is 0 Å². The zero-order valence-electron chi connectivity index (χ0n) is 8.54. The van der Waals surface area contributed by atoms with Crippen LogP contribution in [0.25, 0.3) is 10.8 Å². The van der Waals surface area contributed by atoms with Crippen molar-refractivity contribution >= 4 is 16.6 Å². The molecule has 1 heterocycles. The van der Waals surface area contributed by atoms with E-state index in [0.717, 1.165) is 11.8 Å². The standard InChI is InChI=1S/C12H14N2/c1-3-9-4-5-10-11(6-9)8(2)7-14-12(10)13/h4-7H,3H2,1-2H3,(H2,13,14). The summed E-state index contributed by atoms with van der Waals surface area (Å²) in [6.07, 6.45) is 2.88. The van der Waals surface area contributed by atoms with Gasteiger partial charge < -0.3 is 5.73 Å². The van der Waals surface area contributed by atoms with Crippen molar-refractivity contribution in [3.8, 4) is 0 Å². The monoisotopic (exact) mass is 186 g/mol. The lowest BCUT2D eigenvalue weighted by Gasteiger charge is -2.06. The Morgan fingerprint density at radius 3 is 2.79 bits per heavy atom. The van der Waals surface area contributed by atoms with E-state index in [4.69, 9.17) is 5.73 Å². The van der Waals surface area contributed by atoms with Crippen LogP contribution in [-0.2, 0) is 6.42 Å². The Bertz CT molecular complexity index is 475. The zero-order valence-corrected chi connectivity index (χ0v) is 8.54. The number of benzene rings is 1. The van der Waals surface area contributed by atoms with Crippen LogP contribution in [0.2, 0.25) is 0 Å². The quantitative estimate of drug-likeness (QED) is 0.743. The smallest absolute Gasteiger partial charge is 0.131 e. The molecule has 1 aromatic heterocycles. The maximum absolute atomic E-state index is 5.81. The molecule has 1 aromatic carbocycles. The van der Waals surface area contributed by atoms with Crippen molar-refractivity contribution in [2.24, 2.45) is 0 Å². The van der Waals surface area contributed by atoms with Gasteiger partial charge in [-0.1, -0.05) is 25.1 Å². The number of nitrogen functional groups attached to an aromatic ring is 1. The molecule has 2 nitrogen and oxygen atoms in total. The topological polar surface area (TPSA) is 38.9 Å². The number of fused-ring (bicyclic) bond motifs is 1. The first-order chi connectivity index (χ1) is 6.72. The van der Waals surface area contributed by atoms with Crippen molar-refractivity contribution in [3.05, 3.63) is 35.5 Å². The first kappa shape index (κ1) is 9.00. The van der Waals surface area contributed by atoms with Crippen molar-refractivity contribution in [3.63, 3.8) is 0 Å². The Morgan fingerprint density at radius 1 is 1.29 bits per heavy atom. The number of aryl methyl sites for hydroxylation is 2. The first-order valence-electron chi connectivity index (χ1n) is 4.86. The molecule has 14 heavy (non-hydrogen) atoms. The molecular formula is C12H14N2. The Balaban J connectivity index is 2.80. The number of nitrogens with two attached hydrogens (primary N) is 1.